The Morgan fingerprint density at radius 2 is 2.28 bits per heavy atom. The Hall–Kier alpha value is -2.28. The molecular formula is C14H14N2O2. The highest BCUT2D eigenvalue weighted by Gasteiger charge is 2.40. The zero-order chi connectivity index (χ0) is 13.0. The van der Waals surface area contributed by atoms with E-state index in [9.17, 15) is 10.1 Å². The molecule has 0 aliphatic carbocycles. The van der Waals surface area contributed by atoms with E-state index in [1.54, 1.807) is 12.2 Å². The number of nitrogens with zero attached hydrogens (tertiary/aromatic N) is 1. The summed E-state index contributed by atoms with van der Waals surface area (Å²) in [6.45, 7) is 2.23. The molecule has 0 saturated heterocycles. The maximum Gasteiger partial charge on any atom is 0.351 e. The summed E-state index contributed by atoms with van der Waals surface area (Å²) in [4.78, 5) is 12.0. The molecule has 1 heterocycles. The highest BCUT2D eigenvalue weighted by Crippen LogP contribution is 2.28. The van der Waals surface area contributed by atoms with E-state index >= 15 is 0 Å². The number of rotatable bonds is 3. The number of anilines is 1. The van der Waals surface area contributed by atoms with E-state index < -0.39 is 11.5 Å². The van der Waals surface area contributed by atoms with E-state index in [4.69, 9.17) is 4.74 Å². The van der Waals surface area contributed by atoms with Gasteiger partial charge in [-0.15, -0.1) is 0 Å². The fourth-order valence-electron chi connectivity index (χ4n) is 1.76. The van der Waals surface area contributed by atoms with E-state index in [2.05, 4.69) is 5.32 Å². The molecule has 0 bridgehead atoms. The van der Waals surface area contributed by atoms with Gasteiger partial charge in [-0.25, -0.2) is 4.79 Å². The number of ether oxygens (including phenoxy) is 1. The van der Waals surface area contributed by atoms with Gasteiger partial charge in [0.15, 0.2) is 0 Å². The van der Waals surface area contributed by atoms with Crippen LogP contribution in [-0.2, 0) is 9.53 Å². The summed E-state index contributed by atoms with van der Waals surface area (Å²) in [5.41, 5.74) is 0.297. The largest absolute Gasteiger partial charge is 0.463 e. The van der Waals surface area contributed by atoms with Gasteiger partial charge >= 0.3 is 5.97 Å². The lowest BCUT2D eigenvalue weighted by atomic mass is 9.94. The smallest absolute Gasteiger partial charge is 0.351 e. The Balaban J connectivity index is 2.28. The molecule has 0 fully saturated rings. The average molecular weight is 242 g/mol. The third-order valence-corrected chi connectivity index (χ3v) is 2.74. The van der Waals surface area contributed by atoms with Crippen molar-refractivity contribution in [2.75, 3.05) is 11.9 Å². The van der Waals surface area contributed by atoms with E-state index in [0.717, 1.165) is 17.7 Å². The highest BCUT2D eigenvalue weighted by atomic mass is 16.5. The topological polar surface area (TPSA) is 62.1 Å². The van der Waals surface area contributed by atoms with Crippen LogP contribution in [0.2, 0.25) is 0 Å². The number of para-hydroxylation sites is 1. The molecule has 1 aliphatic rings. The van der Waals surface area contributed by atoms with Gasteiger partial charge in [0, 0.05) is 5.69 Å². The molecule has 18 heavy (non-hydrogen) atoms. The van der Waals surface area contributed by atoms with Crippen LogP contribution in [0.3, 0.4) is 0 Å². The first-order chi connectivity index (χ1) is 8.72. The standard InChI is InChI=1S/C14H14N2O2/c1-2-9-18-13(17)14(10-15)8-7-11-5-3-4-6-12(11)16-14/h3-8,16H,2,9H2,1H3. The van der Waals surface area contributed by atoms with Crippen molar-refractivity contribution in [1.29, 1.82) is 5.26 Å². The van der Waals surface area contributed by atoms with Crippen molar-refractivity contribution >= 4 is 17.7 Å². The minimum Gasteiger partial charge on any atom is -0.463 e. The zero-order valence-corrected chi connectivity index (χ0v) is 10.1. The van der Waals surface area contributed by atoms with E-state index in [1.807, 2.05) is 37.3 Å². The Morgan fingerprint density at radius 1 is 1.50 bits per heavy atom. The van der Waals surface area contributed by atoms with E-state index in [0.29, 0.717) is 6.61 Å². The third kappa shape index (κ3) is 2.07. The van der Waals surface area contributed by atoms with Crippen molar-refractivity contribution in [3.63, 3.8) is 0 Å². The fourth-order valence-corrected chi connectivity index (χ4v) is 1.76. The van der Waals surface area contributed by atoms with Crippen LogP contribution in [0.4, 0.5) is 5.69 Å². The van der Waals surface area contributed by atoms with Gasteiger partial charge in [0.2, 0.25) is 5.54 Å². The second-order valence-electron chi connectivity index (χ2n) is 4.10. The Kier molecular flexibility index (Phi) is 3.33. The summed E-state index contributed by atoms with van der Waals surface area (Å²) in [6.07, 6.45) is 4.04. The summed E-state index contributed by atoms with van der Waals surface area (Å²) in [7, 11) is 0. The van der Waals surface area contributed by atoms with Crippen LogP contribution in [0.15, 0.2) is 30.3 Å². The second-order valence-corrected chi connectivity index (χ2v) is 4.10. The van der Waals surface area contributed by atoms with Crippen molar-refractivity contribution in [3.05, 3.63) is 35.9 Å². The number of carbonyl (C=O) groups excluding carboxylic acids is 1. The number of nitrogens with one attached hydrogen (secondary N) is 1. The molecule has 0 radical (unpaired) electrons. The first kappa shape index (κ1) is 12.2. The maximum absolute atomic E-state index is 12.0. The Morgan fingerprint density at radius 3 is 3.00 bits per heavy atom. The summed E-state index contributed by atoms with van der Waals surface area (Å²) in [5.74, 6) is -0.558. The van der Waals surface area contributed by atoms with Gasteiger partial charge < -0.3 is 10.1 Å². The monoisotopic (exact) mass is 242 g/mol. The van der Waals surface area contributed by atoms with E-state index in [-0.39, 0.29) is 0 Å². The number of carbonyl (C=O) groups is 1. The predicted octanol–water partition coefficient (Wildman–Crippen LogP) is 2.34. The lowest BCUT2D eigenvalue weighted by Gasteiger charge is -2.27. The van der Waals surface area contributed by atoms with Gasteiger partial charge in [-0.05, 0) is 24.1 Å². The molecule has 2 rings (SSSR count). The van der Waals surface area contributed by atoms with Gasteiger partial charge in [-0.3, -0.25) is 0 Å². The molecule has 1 atom stereocenters. The van der Waals surface area contributed by atoms with Gasteiger partial charge in [0.05, 0.1) is 6.61 Å². The molecular weight excluding hydrogens is 228 g/mol. The number of nitriles is 1. The van der Waals surface area contributed by atoms with Crippen LogP contribution in [-0.4, -0.2) is 18.1 Å². The molecule has 0 aromatic heterocycles. The van der Waals surface area contributed by atoms with Gasteiger partial charge in [0.25, 0.3) is 0 Å². The zero-order valence-electron chi connectivity index (χ0n) is 10.1. The molecule has 4 nitrogen and oxygen atoms in total. The Labute approximate surface area is 106 Å². The quantitative estimate of drug-likeness (QED) is 0.826. The van der Waals surface area contributed by atoms with Crippen molar-refractivity contribution in [2.45, 2.75) is 18.9 Å². The lowest BCUT2D eigenvalue weighted by Crippen LogP contribution is -2.45. The number of hydrogen-bond acceptors (Lipinski definition) is 4. The minimum atomic E-state index is -1.41. The van der Waals surface area contributed by atoms with Crippen LogP contribution in [0, 0.1) is 11.3 Å². The van der Waals surface area contributed by atoms with Crippen molar-refractivity contribution < 1.29 is 9.53 Å². The summed E-state index contributed by atoms with van der Waals surface area (Å²) >= 11 is 0. The molecule has 4 heteroatoms. The maximum atomic E-state index is 12.0. The van der Waals surface area contributed by atoms with Gasteiger partial charge in [-0.2, -0.15) is 5.26 Å². The number of benzene rings is 1. The molecule has 92 valence electrons. The summed E-state index contributed by atoms with van der Waals surface area (Å²) in [6, 6.07) is 9.49. The van der Waals surface area contributed by atoms with Gasteiger partial charge in [-0.1, -0.05) is 31.2 Å². The summed E-state index contributed by atoms with van der Waals surface area (Å²) in [5, 5.41) is 12.2. The highest BCUT2D eigenvalue weighted by molar-refractivity contribution is 5.95. The molecule has 1 aromatic rings. The van der Waals surface area contributed by atoms with Crippen LogP contribution in [0.25, 0.3) is 6.08 Å². The first-order valence-electron chi connectivity index (χ1n) is 5.87. The number of hydrogen-bond donors (Lipinski definition) is 1. The van der Waals surface area contributed by atoms with E-state index in [1.165, 1.54) is 0 Å². The van der Waals surface area contributed by atoms with Crippen LogP contribution < -0.4 is 5.32 Å². The van der Waals surface area contributed by atoms with Crippen LogP contribution in [0.1, 0.15) is 18.9 Å². The summed E-state index contributed by atoms with van der Waals surface area (Å²) < 4.78 is 5.06. The molecule has 0 saturated carbocycles. The second kappa shape index (κ2) is 4.92. The van der Waals surface area contributed by atoms with Crippen molar-refractivity contribution in [3.8, 4) is 6.07 Å². The average Bonchev–Trinajstić information content (AvgIpc) is 2.44. The normalized spacial score (nSPS) is 20.4. The number of fused-ring (bicyclic) bond motifs is 1. The molecule has 1 N–H and O–H groups in total. The third-order valence-electron chi connectivity index (χ3n) is 2.74. The molecule has 1 unspecified atom stereocenters. The lowest BCUT2D eigenvalue weighted by molar-refractivity contribution is -0.145. The fraction of sp³-hybridized carbons (Fsp3) is 0.286. The molecule has 0 amide bonds. The van der Waals surface area contributed by atoms with Crippen molar-refractivity contribution in [1.82, 2.24) is 0 Å². The minimum absolute atomic E-state index is 0.319. The molecule has 1 aromatic carbocycles. The SMILES string of the molecule is CCCOC(=O)C1(C#N)C=Cc2ccccc2N1. The van der Waals surface area contributed by atoms with Crippen LogP contribution in [0.5, 0.6) is 0 Å². The molecule has 0 spiro atoms. The number of esters is 1. The van der Waals surface area contributed by atoms with Crippen molar-refractivity contribution in [2.24, 2.45) is 0 Å². The Bertz CT molecular complexity index is 531. The van der Waals surface area contributed by atoms with Gasteiger partial charge in [0.1, 0.15) is 6.07 Å². The van der Waals surface area contributed by atoms with Crippen LogP contribution >= 0.6 is 0 Å². The first-order valence-corrected chi connectivity index (χ1v) is 5.87. The predicted molar refractivity (Wildman–Crippen MR) is 68.7 cm³/mol. The molecule has 1 aliphatic heterocycles.